The largest absolute Gasteiger partial charge is 0.480 e. The Morgan fingerprint density at radius 2 is 1.82 bits per heavy atom. The summed E-state index contributed by atoms with van der Waals surface area (Å²) in [6, 6.07) is 22.3. The highest BCUT2D eigenvalue weighted by atomic mass is 35.5. The molecule has 0 bridgehead atoms. The van der Waals surface area contributed by atoms with Crippen LogP contribution in [0.2, 0.25) is 5.02 Å². The number of hydrogen-bond acceptors (Lipinski definition) is 3. The first-order valence-corrected chi connectivity index (χ1v) is 13.8. The van der Waals surface area contributed by atoms with Crippen LogP contribution in [0.5, 0.6) is 0 Å². The molecular formula is C32H32ClN3O3. The summed E-state index contributed by atoms with van der Waals surface area (Å²) in [6.45, 7) is 4.49. The van der Waals surface area contributed by atoms with Gasteiger partial charge in [-0.15, -0.1) is 0 Å². The SMILES string of the molecule is CCC(CC)(C(=O)O)C(=O)N1CCc2c(Cc3ccc(Cl)c(-c4ncc(-c5ccccc5)[nH]4)c3)cccc2C1. The van der Waals surface area contributed by atoms with Crippen molar-refractivity contribution in [3.05, 3.63) is 100 Å². The van der Waals surface area contributed by atoms with E-state index in [0.29, 0.717) is 24.5 Å². The second-order valence-corrected chi connectivity index (χ2v) is 10.5. The zero-order valence-electron chi connectivity index (χ0n) is 22.2. The molecule has 0 saturated heterocycles. The topological polar surface area (TPSA) is 86.3 Å². The lowest BCUT2D eigenvalue weighted by Crippen LogP contribution is -2.49. The van der Waals surface area contributed by atoms with Gasteiger partial charge in [-0.25, -0.2) is 4.98 Å². The zero-order valence-corrected chi connectivity index (χ0v) is 23.0. The van der Waals surface area contributed by atoms with Crippen LogP contribution in [0.3, 0.4) is 0 Å². The molecular weight excluding hydrogens is 510 g/mol. The molecule has 0 aliphatic carbocycles. The molecule has 6 nitrogen and oxygen atoms in total. The van der Waals surface area contributed by atoms with Crippen molar-refractivity contribution < 1.29 is 14.7 Å². The maximum Gasteiger partial charge on any atom is 0.319 e. The quantitative estimate of drug-likeness (QED) is 0.241. The molecule has 1 aromatic heterocycles. The van der Waals surface area contributed by atoms with E-state index >= 15 is 0 Å². The number of H-pyrrole nitrogens is 1. The summed E-state index contributed by atoms with van der Waals surface area (Å²) in [7, 11) is 0. The van der Waals surface area contributed by atoms with Crippen LogP contribution in [0.15, 0.2) is 72.9 Å². The van der Waals surface area contributed by atoms with Crippen molar-refractivity contribution in [2.75, 3.05) is 6.54 Å². The summed E-state index contributed by atoms with van der Waals surface area (Å²) in [5.74, 6) is -0.603. The Bertz CT molecular complexity index is 1510. The van der Waals surface area contributed by atoms with Crippen molar-refractivity contribution in [1.29, 1.82) is 0 Å². The summed E-state index contributed by atoms with van der Waals surface area (Å²) >= 11 is 6.59. The van der Waals surface area contributed by atoms with Crippen LogP contribution in [0, 0.1) is 5.41 Å². The number of carbonyl (C=O) groups excluding carboxylic acids is 1. The molecule has 0 saturated carbocycles. The molecule has 39 heavy (non-hydrogen) atoms. The van der Waals surface area contributed by atoms with E-state index in [2.05, 4.69) is 22.1 Å². The molecule has 1 aliphatic rings. The molecule has 3 aromatic carbocycles. The molecule has 0 radical (unpaired) electrons. The van der Waals surface area contributed by atoms with E-state index in [0.717, 1.165) is 40.2 Å². The van der Waals surface area contributed by atoms with Gasteiger partial charge in [0.2, 0.25) is 5.91 Å². The van der Waals surface area contributed by atoms with Gasteiger partial charge in [-0.3, -0.25) is 9.59 Å². The predicted molar refractivity (Wildman–Crippen MR) is 153 cm³/mol. The molecule has 2 N–H and O–H groups in total. The number of benzene rings is 3. The maximum atomic E-state index is 13.3. The van der Waals surface area contributed by atoms with Crippen LogP contribution < -0.4 is 0 Å². The van der Waals surface area contributed by atoms with Gasteiger partial charge in [0.05, 0.1) is 16.9 Å². The third-order valence-corrected chi connectivity index (χ3v) is 8.35. The number of amides is 1. The monoisotopic (exact) mass is 541 g/mol. The van der Waals surface area contributed by atoms with E-state index in [1.807, 2.05) is 60.8 Å². The van der Waals surface area contributed by atoms with E-state index in [1.165, 1.54) is 11.1 Å². The fourth-order valence-electron chi connectivity index (χ4n) is 5.58. The molecule has 0 atom stereocenters. The van der Waals surface area contributed by atoms with Crippen LogP contribution in [0.4, 0.5) is 0 Å². The van der Waals surface area contributed by atoms with Gasteiger partial charge in [0, 0.05) is 18.7 Å². The van der Waals surface area contributed by atoms with Gasteiger partial charge >= 0.3 is 5.97 Å². The minimum atomic E-state index is -1.36. The molecule has 5 rings (SSSR count). The number of nitrogens with one attached hydrogen (secondary N) is 1. The first-order valence-electron chi connectivity index (χ1n) is 13.4. The zero-order chi connectivity index (χ0) is 27.6. The molecule has 1 amide bonds. The van der Waals surface area contributed by atoms with Crippen LogP contribution in [0.1, 0.15) is 48.9 Å². The van der Waals surface area contributed by atoms with E-state index in [-0.39, 0.29) is 18.7 Å². The normalized spacial score (nSPS) is 13.3. The van der Waals surface area contributed by atoms with Crippen molar-refractivity contribution in [3.8, 4) is 22.6 Å². The molecule has 2 heterocycles. The molecule has 0 unspecified atom stereocenters. The fraction of sp³-hybridized carbons (Fsp3) is 0.281. The van der Waals surface area contributed by atoms with Crippen molar-refractivity contribution in [1.82, 2.24) is 14.9 Å². The highest BCUT2D eigenvalue weighted by molar-refractivity contribution is 6.33. The summed E-state index contributed by atoms with van der Waals surface area (Å²) in [6.07, 6.45) is 3.80. The van der Waals surface area contributed by atoms with E-state index in [4.69, 9.17) is 11.6 Å². The molecule has 4 aromatic rings. The smallest absolute Gasteiger partial charge is 0.319 e. The molecule has 0 fully saturated rings. The van der Waals surface area contributed by atoms with Gasteiger partial charge in [-0.2, -0.15) is 0 Å². The summed E-state index contributed by atoms with van der Waals surface area (Å²) < 4.78 is 0. The second-order valence-electron chi connectivity index (χ2n) is 10.1. The lowest BCUT2D eigenvalue weighted by Gasteiger charge is -2.36. The Kier molecular flexibility index (Phi) is 7.58. The molecule has 0 spiro atoms. The Balaban J connectivity index is 1.38. The highest BCUT2D eigenvalue weighted by Crippen LogP contribution is 2.34. The van der Waals surface area contributed by atoms with Crippen molar-refractivity contribution in [2.45, 2.75) is 46.1 Å². The molecule has 7 heteroatoms. The Hall–Kier alpha value is -3.90. The summed E-state index contributed by atoms with van der Waals surface area (Å²) in [5.41, 5.74) is 6.10. The van der Waals surface area contributed by atoms with Gasteiger partial charge in [-0.05, 0) is 65.6 Å². The fourth-order valence-corrected chi connectivity index (χ4v) is 5.79. The van der Waals surface area contributed by atoms with Crippen LogP contribution in [0.25, 0.3) is 22.6 Å². The molecule has 1 aliphatic heterocycles. The van der Waals surface area contributed by atoms with E-state index in [9.17, 15) is 14.7 Å². The van der Waals surface area contributed by atoms with Crippen LogP contribution >= 0.6 is 11.6 Å². The Morgan fingerprint density at radius 3 is 2.54 bits per heavy atom. The van der Waals surface area contributed by atoms with Gasteiger partial charge in [0.15, 0.2) is 0 Å². The first kappa shape index (κ1) is 26.7. The number of halogens is 1. The highest BCUT2D eigenvalue weighted by Gasteiger charge is 2.45. The Labute approximate surface area is 233 Å². The van der Waals surface area contributed by atoms with E-state index in [1.54, 1.807) is 18.7 Å². The number of carboxylic acid groups (broad SMARTS) is 1. The van der Waals surface area contributed by atoms with Crippen LogP contribution in [-0.4, -0.2) is 38.4 Å². The lowest BCUT2D eigenvalue weighted by atomic mass is 9.80. The average Bonchev–Trinajstić information content (AvgIpc) is 3.45. The Morgan fingerprint density at radius 1 is 1.05 bits per heavy atom. The minimum Gasteiger partial charge on any atom is -0.480 e. The maximum absolute atomic E-state index is 13.3. The molecule has 200 valence electrons. The number of imidazole rings is 1. The number of carbonyl (C=O) groups is 2. The van der Waals surface area contributed by atoms with Gasteiger partial charge in [0.1, 0.15) is 11.2 Å². The lowest BCUT2D eigenvalue weighted by molar-refractivity contribution is -0.162. The third kappa shape index (κ3) is 5.09. The van der Waals surface area contributed by atoms with Gasteiger partial charge in [0.25, 0.3) is 0 Å². The number of hydrogen-bond donors (Lipinski definition) is 2. The summed E-state index contributed by atoms with van der Waals surface area (Å²) in [4.78, 5) is 35.1. The van der Waals surface area contributed by atoms with Crippen molar-refractivity contribution in [2.24, 2.45) is 5.41 Å². The number of aliphatic carboxylic acids is 1. The number of aromatic amines is 1. The number of nitrogens with zero attached hydrogens (tertiary/aromatic N) is 2. The third-order valence-electron chi connectivity index (χ3n) is 8.02. The van der Waals surface area contributed by atoms with Gasteiger partial charge in [-0.1, -0.05) is 80.0 Å². The number of fused-ring (bicyclic) bond motifs is 1. The minimum absolute atomic E-state index is 0.280. The summed E-state index contributed by atoms with van der Waals surface area (Å²) in [5, 5.41) is 10.5. The predicted octanol–water partition coefficient (Wildman–Crippen LogP) is 6.76. The van der Waals surface area contributed by atoms with Crippen molar-refractivity contribution >= 4 is 23.5 Å². The number of carboxylic acids is 1. The number of rotatable bonds is 8. The van der Waals surface area contributed by atoms with Crippen molar-refractivity contribution in [3.63, 3.8) is 0 Å². The average molecular weight is 542 g/mol. The standard InChI is InChI=1S/C32H32ClN3O3/c1-3-32(4-2,31(38)39)30(37)36-16-15-25-23(11-8-12-24(25)20-36)17-21-13-14-27(33)26(18-21)29-34-19-28(35-29)22-9-6-5-7-10-22/h5-14,18-19H,3-4,15-17,20H2,1-2H3,(H,34,35)(H,38,39). The first-order chi connectivity index (χ1) is 18.9. The van der Waals surface area contributed by atoms with Gasteiger partial charge < -0.3 is 15.0 Å². The van der Waals surface area contributed by atoms with Crippen LogP contribution in [-0.2, 0) is 29.0 Å². The second kappa shape index (κ2) is 11.1. The van der Waals surface area contributed by atoms with E-state index < -0.39 is 11.4 Å². The number of aromatic nitrogens is 2.